The molecule has 0 aromatic heterocycles. The van der Waals surface area contributed by atoms with E-state index in [2.05, 4.69) is 10.6 Å². The summed E-state index contributed by atoms with van der Waals surface area (Å²) in [5, 5.41) is 5.15. The number of rotatable bonds is 6. The van der Waals surface area contributed by atoms with Gasteiger partial charge >= 0.3 is 0 Å². The first-order valence-electron chi connectivity index (χ1n) is 5.89. The predicted octanol–water partition coefficient (Wildman–Crippen LogP) is 1.17. The van der Waals surface area contributed by atoms with Crippen LogP contribution in [0.2, 0.25) is 0 Å². The van der Waals surface area contributed by atoms with Gasteiger partial charge in [0.15, 0.2) is 11.5 Å². The number of ether oxygens (including phenoxy) is 2. The molecule has 2 N–H and O–H groups in total. The van der Waals surface area contributed by atoms with Crippen molar-refractivity contribution in [2.24, 2.45) is 0 Å². The van der Waals surface area contributed by atoms with Gasteiger partial charge in [0, 0.05) is 18.2 Å². The molecule has 1 aromatic carbocycles. The van der Waals surface area contributed by atoms with Crippen molar-refractivity contribution in [3.8, 4) is 11.5 Å². The SMILES string of the molecule is CCC(=O)NCC(=O)Nc1ccc(OC)c(OC)c1. The molecule has 6 heteroatoms. The Balaban J connectivity index is 2.61. The third-order valence-electron chi connectivity index (χ3n) is 2.43. The molecule has 1 aromatic rings. The van der Waals surface area contributed by atoms with Crippen LogP contribution in [0.15, 0.2) is 18.2 Å². The maximum absolute atomic E-state index is 11.6. The Morgan fingerprint density at radius 1 is 1.11 bits per heavy atom. The molecular weight excluding hydrogens is 248 g/mol. The third-order valence-corrected chi connectivity index (χ3v) is 2.43. The fourth-order valence-electron chi connectivity index (χ4n) is 1.42. The number of hydrogen-bond donors (Lipinski definition) is 2. The minimum absolute atomic E-state index is 0.0545. The lowest BCUT2D eigenvalue weighted by Gasteiger charge is -2.10. The normalized spacial score (nSPS) is 9.63. The number of methoxy groups -OCH3 is 2. The lowest BCUT2D eigenvalue weighted by atomic mass is 10.2. The zero-order valence-electron chi connectivity index (χ0n) is 11.3. The first-order chi connectivity index (χ1) is 9.10. The molecule has 0 fully saturated rings. The van der Waals surface area contributed by atoms with Gasteiger partial charge in [-0.05, 0) is 12.1 Å². The fourth-order valence-corrected chi connectivity index (χ4v) is 1.42. The summed E-state index contributed by atoms with van der Waals surface area (Å²) in [7, 11) is 3.06. The Kier molecular flexibility index (Phi) is 5.66. The third kappa shape index (κ3) is 4.50. The van der Waals surface area contributed by atoms with Gasteiger partial charge in [-0.1, -0.05) is 6.92 Å². The van der Waals surface area contributed by atoms with Crippen molar-refractivity contribution >= 4 is 17.5 Å². The highest BCUT2D eigenvalue weighted by Crippen LogP contribution is 2.29. The van der Waals surface area contributed by atoms with E-state index < -0.39 is 0 Å². The molecule has 19 heavy (non-hydrogen) atoms. The molecule has 0 unspecified atom stereocenters. The highest BCUT2D eigenvalue weighted by Gasteiger charge is 2.08. The minimum Gasteiger partial charge on any atom is -0.493 e. The number of amides is 2. The van der Waals surface area contributed by atoms with Crippen molar-refractivity contribution in [2.45, 2.75) is 13.3 Å². The Morgan fingerprint density at radius 3 is 2.37 bits per heavy atom. The van der Waals surface area contributed by atoms with Crippen LogP contribution in [0.5, 0.6) is 11.5 Å². The molecule has 0 saturated heterocycles. The van der Waals surface area contributed by atoms with Gasteiger partial charge in [0.2, 0.25) is 11.8 Å². The van der Waals surface area contributed by atoms with Gasteiger partial charge in [-0.2, -0.15) is 0 Å². The molecule has 0 heterocycles. The zero-order chi connectivity index (χ0) is 14.3. The zero-order valence-corrected chi connectivity index (χ0v) is 11.3. The molecule has 0 radical (unpaired) electrons. The van der Waals surface area contributed by atoms with E-state index in [1.54, 1.807) is 25.1 Å². The Bertz CT molecular complexity index is 460. The van der Waals surface area contributed by atoms with Crippen LogP contribution in [0.25, 0.3) is 0 Å². The Hall–Kier alpha value is -2.24. The lowest BCUT2D eigenvalue weighted by Crippen LogP contribution is -2.32. The predicted molar refractivity (Wildman–Crippen MR) is 71.5 cm³/mol. The first kappa shape index (κ1) is 14.8. The molecule has 104 valence electrons. The summed E-state index contributed by atoms with van der Waals surface area (Å²) in [4.78, 5) is 22.6. The molecule has 6 nitrogen and oxygen atoms in total. The van der Waals surface area contributed by atoms with Crippen molar-refractivity contribution in [2.75, 3.05) is 26.1 Å². The van der Waals surface area contributed by atoms with Crippen LogP contribution in [0.4, 0.5) is 5.69 Å². The molecule has 1 rings (SSSR count). The molecule has 0 spiro atoms. The average molecular weight is 266 g/mol. The number of carbonyl (C=O) groups excluding carboxylic acids is 2. The van der Waals surface area contributed by atoms with Gasteiger partial charge < -0.3 is 20.1 Å². The Labute approximate surface area is 112 Å². The fraction of sp³-hybridized carbons (Fsp3) is 0.385. The smallest absolute Gasteiger partial charge is 0.243 e. The van der Waals surface area contributed by atoms with Crippen molar-refractivity contribution < 1.29 is 19.1 Å². The minimum atomic E-state index is -0.297. The van der Waals surface area contributed by atoms with E-state index in [4.69, 9.17) is 9.47 Å². The molecule has 0 atom stereocenters. The molecule has 0 aliphatic heterocycles. The maximum Gasteiger partial charge on any atom is 0.243 e. The second kappa shape index (κ2) is 7.25. The standard InChI is InChI=1S/C13H18N2O4/c1-4-12(16)14-8-13(17)15-9-5-6-10(18-2)11(7-9)19-3/h5-7H,4,8H2,1-3H3,(H,14,16)(H,15,17). The monoisotopic (exact) mass is 266 g/mol. The van der Waals surface area contributed by atoms with E-state index in [0.717, 1.165) is 0 Å². The molecule has 0 saturated carbocycles. The summed E-state index contributed by atoms with van der Waals surface area (Å²) < 4.78 is 10.2. The molecule has 0 bridgehead atoms. The van der Waals surface area contributed by atoms with E-state index in [-0.39, 0.29) is 18.4 Å². The summed E-state index contributed by atoms with van der Waals surface area (Å²) in [5.74, 6) is 0.647. The van der Waals surface area contributed by atoms with E-state index >= 15 is 0 Å². The summed E-state index contributed by atoms with van der Waals surface area (Å²) in [5.41, 5.74) is 0.577. The molecule has 0 aliphatic carbocycles. The number of benzene rings is 1. The van der Waals surface area contributed by atoms with Gasteiger partial charge in [0.05, 0.1) is 20.8 Å². The number of hydrogen-bond acceptors (Lipinski definition) is 4. The summed E-state index contributed by atoms with van der Waals surface area (Å²) in [6.07, 6.45) is 0.351. The molecular formula is C13H18N2O4. The van der Waals surface area contributed by atoms with E-state index in [1.165, 1.54) is 14.2 Å². The summed E-state index contributed by atoms with van der Waals surface area (Å²) in [6.45, 7) is 1.67. The van der Waals surface area contributed by atoms with Crippen LogP contribution in [0.3, 0.4) is 0 Å². The van der Waals surface area contributed by atoms with E-state index in [0.29, 0.717) is 23.6 Å². The second-order valence-corrected chi connectivity index (χ2v) is 3.75. The maximum atomic E-state index is 11.6. The average Bonchev–Trinajstić information content (AvgIpc) is 2.44. The van der Waals surface area contributed by atoms with Crippen LogP contribution in [0, 0.1) is 0 Å². The number of nitrogens with one attached hydrogen (secondary N) is 2. The highest BCUT2D eigenvalue weighted by atomic mass is 16.5. The highest BCUT2D eigenvalue weighted by molar-refractivity contribution is 5.94. The lowest BCUT2D eigenvalue weighted by molar-refractivity contribution is -0.123. The van der Waals surface area contributed by atoms with Gasteiger partial charge in [-0.25, -0.2) is 0 Å². The van der Waals surface area contributed by atoms with Crippen molar-refractivity contribution in [3.05, 3.63) is 18.2 Å². The van der Waals surface area contributed by atoms with Crippen LogP contribution in [0.1, 0.15) is 13.3 Å². The van der Waals surface area contributed by atoms with E-state index in [9.17, 15) is 9.59 Å². The van der Waals surface area contributed by atoms with Gasteiger partial charge in [0.1, 0.15) is 0 Å². The molecule has 0 aliphatic rings. The Morgan fingerprint density at radius 2 is 1.79 bits per heavy atom. The van der Waals surface area contributed by atoms with Crippen LogP contribution >= 0.6 is 0 Å². The van der Waals surface area contributed by atoms with Gasteiger partial charge in [0.25, 0.3) is 0 Å². The second-order valence-electron chi connectivity index (χ2n) is 3.75. The van der Waals surface area contributed by atoms with E-state index in [1.807, 2.05) is 0 Å². The van der Waals surface area contributed by atoms with Crippen molar-refractivity contribution in [3.63, 3.8) is 0 Å². The number of anilines is 1. The van der Waals surface area contributed by atoms with Crippen molar-refractivity contribution in [1.82, 2.24) is 5.32 Å². The van der Waals surface area contributed by atoms with Crippen molar-refractivity contribution in [1.29, 1.82) is 0 Å². The van der Waals surface area contributed by atoms with Crippen LogP contribution in [-0.4, -0.2) is 32.6 Å². The van der Waals surface area contributed by atoms with Gasteiger partial charge in [-0.3, -0.25) is 9.59 Å². The summed E-state index contributed by atoms with van der Waals surface area (Å²) in [6, 6.07) is 5.04. The summed E-state index contributed by atoms with van der Waals surface area (Å²) >= 11 is 0. The largest absolute Gasteiger partial charge is 0.493 e. The molecule has 2 amide bonds. The first-order valence-corrected chi connectivity index (χ1v) is 5.89. The van der Waals surface area contributed by atoms with Crippen LogP contribution < -0.4 is 20.1 Å². The quantitative estimate of drug-likeness (QED) is 0.810. The number of carbonyl (C=O) groups is 2. The van der Waals surface area contributed by atoms with Crippen LogP contribution in [-0.2, 0) is 9.59 Å². The topological polar surface area (TPSA) is 76.7 Å². The van der Waals surface area contributed by atoms with Gasteiger partial charge in [-0.15, -0.1) is 0 Å².